The number of nitrogens with one attached hydrogen (secondary N) is 2. The summed E-state index contributed by atoms with van der Waals surface area (Å²) in [5, 5.41) is 2.77. The highest BCUT2D eigenvalue weighted by Crippen LogP contribution is 2.19. The number of Topliss-reactive ketones (excluding diaryl/α,β-unsaturated/α-hetero) is 1. The number of hydrogen-bond acceptors (Lipinski definition) is 5. The summed E-state index contributed by atoms with van der Waals surface area (Å²) < 4.78 is 32.9. The largest absolute Gasteiger partial charge is 0.494 e. The molecule has 0 aliphatic rings. The fourth-order valence-electron chi connectivity index (χ4n) is 2.78. The summed E-state index contributed by atoms with van der Waals surface area (Å²) in [4.78, 5) is 23.8. The minimum absolute atomic E-state index is 0.0369. The van der Waals surface area contributed by atoms with Crippen LogP contribution in [0.5, 0.6) is 5.75 Å². The van der Waals surface area contributed by atoms with Gasteiger partial charge in [-0.15, -0.1) is 0 Å². The van der Waals surface area contributed by atoms with Crippen molar-refractivity contribution in [2.45, 2.75) is 18.7 Å². The Balaban J connectivity index is 1.66. The van der Waals surface area contributed by atoms with E-state index in [1.807, 2.05) is 6.92 Å². The maximum Gasteiger partial charge on any atom is 0.261 e. The molecule has 0 atom stereocenters. The molecule has 3 aromatic rings. The summed E-state index contributed by atoms with van der Waals surface area (Å²) in [5.41, 5.74) is 1.74. The summed E-state index contributed by atoms with van der Waals surface area (Å²) >= 11 is 0. The summed E-state index contributed by atoms with van der Waals surface area (Å²) in [6, 6.07) is 18.8. The summed E-state index contributed by atoms with van der Waals surface area (Å²) in [7, 11) is -3.82. The molecular weight excluding hydrogens is 416 g/mol. The van der Waals surface area contributed by atoms with Crippen LogP contribution in [-0.4, -0.2) is 26.7 Å². The van der Waals surface area contributed by atoms with E-state index in [9.17, 15) is 18.0 Å². The second-order valence-corrected chi connectivity index (χ2v) is 8.36. The average Bonchev–Trinajstić information content (AvgIpc) is 2.75. The van der Waals surface area contributed by atoms with Crippen LogP contribution >= 0.6 is 0 Å². The van der Waals surface area contributed by atoms with Crippen molar-refractivity contribution in [2.24, 2.45) is 0 Å². The van der Waals surface area contributed by atoms with Gasteiger partial charge in [0.15, 0.2) is 5.78 Å². The molecule has 160 valence electrons. The smallest absolute Gasteiger partial charge is 0.261 e. The zero-order valence-corrected chi connectivity index (χ0v) is 17.9. The highest BCUT2D eigenvalue weighted by molar-refractivity contribution is 7.92. The molecule has 0 aromatic heterocycles. The van der Waals surface area contributed by atoms with Crippen molar-refractivity contribution in [3.8, 4) is 5.75 Å². The molecule has 31 heavy (non-hydrogen) atoms. The van der Waals surface area contributed by atoms with E-state index in [4.69, 9.17) is 4.74 Å². The van der Waals surface area contributed by atoms with Gasteiger partial charge in [0.1, 0.15) is 5.75 Å². The van der Waals surface area contributed by atoms with Crippen LogP contribution in [0.1, 0.15) is 34.6 Å². The molecule has 0 bridgehead atoms. The third-order valence-corrected chi connectivity index (χ3v) is 5.79. The van der Waals surface area contributed by atoms with E-state index in [2.05, 4.69) is 10.0 Å². The van der Waals surface area contributed by atoms with Gasteiger partial charge in [-0.3, -0.25) is 14.3 Å². The minimum Gasteiger partial charge on any atom is -0.494 e. The fourth-order valence-corrected chi connectivity index (χ4v) is 3.84. The predicted octanol–water partition coefficient (Wildman–Crippen LogP) is 4.34. The number of ketones is 1. The standard InChI is InChI=1S/C23H22N2O5S/c1-3-30-21-12-10-19(11-13-21)24-23(27)18-4-8-20(9-5-18)25-31(28,29)22-14-6-17(7-15-22)16(2)26/h4-15,25H,3H2,1-2H3,(H,24,27). The van der Waals surface area contributed by atoms with Crippen LogP contribution in [0.3, 0.4) is 0 Å². The molecule has 0 saturated carbocycles. The van der Waals surface area contributed by atoms with Crippen molar-refractivity contribution in [3.05, 3.63) is 83.9 Å². The monoisotopic (exact) mass is 438 g/mol. The Morgan fingerprint density at radius 2 is 1.35 bits per heavy atom. The Hall–Kier alpha value is -3.65. The molecule has 0 fully saturated rings. The number of rotatable bonds is 8. The SMILES string of the molecule is CCOc1ccc(NC(=O)c2ccc(NS(=O)(=O)c3ccc(C(C)=O)cc3)cc2)cc1. The molecule has 2 N–H and O–H groups in total. The number of carbonyl (C=O) groups is 2. The lowest BCUT2D eigenvalue weighted by Crippen LogP contribution is -2.14. The average molecular weight is 439 g/mol. The van der Waals surface area contributed by atoms with Gasteiger partial charge in [-0.25, -0.2) is 8.42 Å². The Bertz CT molecular complexity index is 1170. The highest BCUT2D eigenvalue weighted by atomic mass is 32.2. The molecule has 7 nitrogen and oxygen atoms in total. The van der Waals surface area contributed by atoms with E-state index in [1.54, 1.807) is 24.3 Å². The minimum atomic E-state index is -3.82. The Labute approximate surface area is 181 Å². The Morgan fingerprint density at radius 1 is 0.806 bits per heavy atom. The van der Waals surface area contributed by atoms with Gasteiger partial charge in [0.25, 0.3) is 15.9 Å². The van der Waals surface area contributed by atoms with Crippen LogP contribution in [0.2, 0.25) is 0 Å². The zero-order chi connectivity index (χ0) is 22.4. The molecular formula is C23H22N2O5S. The van der Waals surface area contributed by atoms with Gasteiger partial charge in [-0.05, 0) is 74.5 Å². The number of anilines is 2. The van der Waals surface area contributed by atoms with Crippen LogP contribution in [0.15, 0.2) is 77.7 Å². The molecule has 0 saturated heterocycles. The fraction of sp³-hybridized carbons (Fsp3) is 0.130. The van der Waals surface area contributed by atoms with Gasteiger partial charge >= 0.3 is 0 Å². The molecule has 8 heteroatoms. The van der Waals surface area contributed by atoms with Gasteiger partial charge in [-0.1, -0.05) is 12.1 Å². The highest BCUT2D eigenvalue weighted by Gasteiger charge is 2.15. The van der Waals surface area contributed by atoms with Gasteiger partial charge < -0.3 is 10.1 Å². The predicted molar refractivity (Wildman–Crippen MR) is 119 cm³/mol. The molecule has 0 radical (unpaired) electrons. The lowest BCUT2D eigenvalue weighted by molar-refractivity contribution is 0.101. The van der Waals surface area contributed by atoms with Crippen molar-refractivity contribution in [2.75, 3.05) is 16.6 Å². The summed E-state index contributed by atoms with van der Waals surface area (Å²) in [6.45, 7) is 3.87. The number of carbonyl (C=O) groups excluding carboxylic acids is 2. The molecule has 1 amide bonds. The maximum absolute atomic E-state index is 12.5. The molecule has 0 unspecified atom stereocenters. The van der Waals surface area contributed by atoms with E-state index in [-0.39, 0.29) is 16.6 Å². The van der Waals surface area contributed by atoms with Crippen LogP contribution in [0, 0.1) is 0 Å². The number of hydrogen-bond donors (Lipinski definition) is 2. The Kier molecular flexibility index (Phi) is 6.71. The summed E-state index contributed by atoms with van der Waals surface area (Å²) in [5.74, 6) is 0.252. The topological polar surface area (TPSA) is 102 Å². The first-order valence-corrected chi connectivity index (χ1v) is 11.0. The second-order valence-electron chi connectivity index (χ2n) is 6.67. The van der Waals surface area contributed by atoms with E-state index < -0.39 is 10.0 Å². The third-order valence-electron chi connectivity index (χ3n) is 4.39. The molecule has 0 aliphatic heterocycles. The van der Waals surface area contributed by atoms with Crippen molar-refractivity contribution in [3.63, 3.8) is 0 Å². The number of benzene rings is 3. The van der Waals surface area contributed by atoms with Gasteiger partial charge in [0.05, 0.1) is 11.5 Å². The number of amides is 1. The van der Waals surface area contributed by atoms with Gasteiger partial charge in [0.2, 0.25) is 0 Å². The summed E-state index contributed by atoms with van der Waals surface area (Å²) in [6.07, 6.45) is 0. The van der Waals surface area contributed by atoms with Crippen LogP contribution in [0.4, 0.5) is 11.4 Å². The lowest BCUT2D eigenvalue weighted by atomic mass is 10.2. The van der Waals surface area contributed by atoms with Crippen molar-refractivity contribution >= 4 is 33.1 Å². The number of sulfonamides is 1. The molecule has 3 rings (SSSR count). The van der Waals surface area contributed by atoms with E-state index in [0.29, 0.717) is 34.9 Å². The van der Waals surface area contributed by atoms with Crippen LogP contribution < -0.4 is 14.8 Å². The van der Waals surface area contributed by atoms with Crippen LogP contribution in [-0.2, 0) is 10.0 Å². The third kappa shape index (κ3) is 5.70. The first-order valence-electron chi connectivity index (χ1n) is 9.56. The maximum atomic E-state index is 12.5. The normalized spacial score (nSPS) is 10.9. The Morgan fingerprint density at radius 3 is 1.90 bits per heavy atom. The zero-order valence-electron chi connectivity index (χ0n) is 17.1. The molecule has 3 aromatic carbocycles. The number of ether oxygens (including phenoxy) is 1. The molecule has 0 aliphatic carbocycles. The second kappa shape index (κ2) is 9.44. The van der Waals surface area contributed by atoms with Crippen LogP contribution in [0.25, 0.3) is 0 Å². The van der Waals surface area contributed by atoms with E-state index in [1.165, 1.54) is 55.5 Å². The van der Waals surface area contributed by atoms with Crippen molar-refractivity contribution < 1.29 is 22.7 Å². The van der Waals surface area contributed by atoms with E-state index >= 15 is 0 Å². The van der Waals surface area contributed by atoms with Gasteiger partial charge in [-0.2, -0.15) is 0 Å². The quantitative estimate of drug-likeness (QED) is 0.510. The van der Waals surface area contributed by atoms with E-state index in [0.717, 1.165) is 0 Å². The first kappa shape index (κ1) is 22.0. The first-order chi connectivity index (χ1) is 14.8. The molecule has 0 spiro atoms. The molecule has 0 heterocycles. The lowest BCUT2D eigenvalue weighted by Gasteiger charge is -2.10. The van der Waals surface area contributed by atoms with Gasteiger partial charge in [0, 0.05) is 22.5 Å². The van der Waals surface area contributed by atoms with Crippen molar-refractivity contribution in [1.82, 2.24) is 0 Å². The van der Waals surface area contributed by atoms with Crippen molar-refractivity contribution in [1.29, 1.82) is 0 Å².